The molecule has 0 atom stereocenters. The van der Waals surface area contributed by atoms with Gasteiger partial charge in [0.25, 0.3) is 0 Å². The van der Waals surface area contributed by atoms with E-state index in [-0.39, 0.29) is 5.69 Å². The van der Waals surface area contributed by atoms with E-state index in [9.17, 15) is 4.39 Å². The van der Waals surface area contributed by atoms with E-state index in [1.807, 2.05) is 0 Å². The molecule has 0 aromatic heterocycles. The van der Waals surface area contributed by atoms with E-state index in [1.165, 1.54) is 6.07 Å². The van der Waals surface area contributed by atoms with Crippen LogP contribution >= 0.6 is 0 Å². The van der Waals surface area contributed by atoms with Gasteiger partial charge in [-0.3, -0.25) is 0 Å². The van der Waals surface area contributed by atoms with Gasteiger partial charge in [-0.2, -0.15) is 0 Å². The molecule has 1 aliphatic rings. The zero-order chi connectivity index (χ0) is 7.84. The number of hydrogen-bond acceptors (Lipinski definition) is 2. The number of fused-ring (bicyclic) bond motifs is 1. The van der Waals surface area contributed by atoms with Crippen molar-refractivity contribution in [3.8, 4) is 5.75 Å². The molecule has 1 heterocycles. The van der Waals surface area contributed by atoms with Gasteiger partial charge in [0.05, 0.1) is 6.61 Å². The Bertz CT molecular complexity index is 298. The quantitative estimate of drug-likeness (QED) is 0.571. The summed E-state index contributed by atoms with van der Waals surface area (Å²) in [5.41, 5.74) is 6.58. The second-order valence-electron chi connectivity index (χ2n) is 2.55. The number of ether oxygens (including phenoxy) is 1. The second kappa shape index (κ2) is 2.12. The van der Waals surface area contributed by atoms with Crippen LogP contribution in [0.15, 0.2) is 12.1 Å². The van der Waals surface area contributed by atoms with Gasteiger partial charge in [-0.15, -0.1) is 0 Å². The SMILES string of the molecule is Nc1c(F)ccc2c1OCC2. The minimum absolute atomic E-state index is 0.139. The predicted molar refractivity (Wildman–Crippen MR) is 40.0 cm³/mol. The first-order valence-corrected chi connectivity index (χ1v) is 3.48. The van der Waals surface area contributed by atoms with Crippen molar-refractivity contribution in [2.45, 2.75) is 6.42 Å². The molecular formula is C8H8FNO. The van der Waals surface area contributed by atoms with Gasteiger partial charge in [0.1, 0.15) is 17.3 Å². The lowest BCUT2D eigenvalue weighted by Gasteiger charge is -2.02. The molecule has 2 rings (SSSR count). The van der Waals surface area contributed by atoms with Crippen molar-refractivity contribution in [2.24, 2.45) is 0 Å². The molecule has 2 nitrogen and oxygen atoms in total. The third kappa shape index (κ3) is 0.843. The highest BCUT2D eigenvalue weighted by Gasteiger charge is 2.16. The normalized spacial score (nSPS) is 14.3. The van der Waals surface area contributed by atoms with Crippen molar-refractivity contribution in [1.29, 1.82) is 0 Å². The maximum Gasteiger partial charge on any atom is 0.149 e. The van der Waals surface area contributed by atoms with Crippen molar-refractivity contribution < 1.29 is 9.13 Å². The first-order chi connectivity index (χ1) is 5.29. The molecule has 3 heteroatoms. The van der Waals surface area contributed by atoms with E-state index in [1.54, 1.807) is 6.07 Å². The van der Waals surface area contributed by atoms with E-state index in [4.69, 9.17) is 10.5 Å². The molecule has 1 aromatic rings. The number of hydrogen-bond donors (Lipinski definition) is 1. The van der Waals surface area contributed by atoms with Crippen molar-refractivity contribution >= 4 is 5.69 Å². The topological polar surface area (TPSA) is 35.2 Å². The molecule has 1 aromatic carbocycles. The molecule has 0 saturated carbocycles. The molecule has 0 bridgehead atoms. The largest absolute Gasteiger partial charge is 0.491 e. The fourth-order valence-electron chi connectivity index (χ4n) is 1.25. The van der Waals surface area contributed by atoms with E-state index >= 15 is 0 Å². The molecule has 1 aliphatic heterocycles. The van der Waals surface area contributed by atoms with Crippen LogP contribution in [-0.4, -0.2) is 6.61 Å². The summed E-state index contributed by atoms with van der Waals surface area (Å²) in [6, 6.07) is 3.09. The minimum atomic E-state index is -0.398. The molecule has 0 saturated heterocycles. The average molecular weight is 153 g/mol. The van der Waals surface area contributed by atoms with Gasteiger partial charge in [-0.25, -0.2) is 4.39 Å². The Morgan fingerprint density at radius 2 is 2.27 bits per heavy atom. The Morgan fingerprint density at radius 1 is 1.45 bits per heavy atom. The zero-order valence-electron chi connectivity index (χ0n) is 5.93. The van der Waals surface area contributed by atoms with Gasteiger partial charge < -0.3 is 10.5 Å². The molecular weight excluding hydrogens is 145 g/mol. The van der Waals surface area contributed by atoms with Gasteiger partial charge in [-0.05, 0) is 11.6 Å². The Kier molecular flexibility index (Phi) is 1.24. The van der Waals surface area contributed by atoms with Crippen LogP contribution < -0.4 is 10.5 Å². The molecule has 0 unspecified atom stereocenters. The van der Waals surface area contributed by atoms with Crippen LogP contribution in [0.3, 0.4) is 0 Å². The molecule has 0 spiro atoms. The lowest BCUT2D eigenvalue weighted by atomic mass is 10.1. The summed E-state index contributed by atoms with van der Waals surface area (Å²) in [6.07, 6.45) is 0.833. The molecule has 0 fully saturated rings. The van der Waals surface area contributed by atoms with Crippen molar-refractivity contribution in [2.75, 3.05) is 12.3 Å². The van der Waals surface area contributed by atoms with Crippen molar-refractivity contribution in [1.82, 2.24) is 0 Å². The smallest absolute Gasteiger partial charge is 0.149 e. The molecule has 0 aliphatic carbocycles. The highest BCUT2D eigenvalue weighted by molar-refractivity contribution is 5.59. The summed E-state index contributed by atoms with van der Waals surface area (Å²) in [4.78, 5) is 0. The maximum atomic E-state index is 12.8. The second-order valence-corrected chi connectivity index (χ2v) is 2.55. The summed E-state index contributed by atoms with van der Waals surface area (Å²) >= 11 is 0. The Labute approximate surface area is 63.8 Å². The monoisotopic (exact) mass is 153 g/mol. The van der Waals surface area contributed by atoms with Crippen LogP contribution in [0.5, 0.6) is 5.75 Å². The van der Waals surface area contributed by atoms with Gasteiger partial charge >= 0.3 is 0 Å². The van der Waals surface area contributed by atoms with Crippen LogP contribution in [0.25, 0.3) is 0 Å². The van der Waals surface area contributed by atoms with Gasteiger partial charge in [0, 0.05) is 6.42 Å². The van der Waals surface area contributed by atoms with E-state index < -0.39 is 5.82 Å². The van der Waals surface area contributed by atoms with Gasteiger partial charge in [-0.1, -0.05) is 6.07 Å². The van der Waals surface area contributed by atoms with Crippen molar-refractivity contribution in [3.05, 3.63) is 23.5 Å². The Hall–Kier alpha value is -1.25. The third-order valence-corrected chi connectivity index (χ3v) is 1.84. The highest BCUT2D eigenvalue weighted by atomic mass is 19.1. The minimum Gasteiger partial charge on any atom is -0.491 e. The molecule has 11 heavy (non-hydrogen) atoms. The summed E-state index contributed by atoms with van der Waals surface area (Å²) in [5, 5.41) is 0. The standard InChI is InChI=1S/C8H8FNO/c9-6-2-1-5-3-4-11-8(5)7(6)10/h1-2H,3-4,10H2. The molecule has 0 amide bonds. The van der Waals surface area contributed by atoms with Crippen molar-refractivity contribution in [3.63, 3.8) is 0 Å². The number of nitrogen functional groups attached to an aromatic ring is 1. The molecule has 58 valence electrons. The van der Waals surface area contributed by atoms with Crippen LogP contribution in [0.4, 0.5) is 10.1 Å². The van der Waals surface area contributed by atoms with Crippen LogP contribution in [-0.2, 0) is 6.42 Å². The molecule has 2 N–H and O–H groups in total. The first-order valence-electron chi connectivity index (χ1n) is 3.48. The van der Waals surface area contributed by atoms with Crippen LogP contribution in [0.1, 0.15) is 5.56 Å². The summed E-state index contributed by atoms with van der Waals surface area (Å²) < 4.78 is 17.9. The molecule has 0 radical (unpaired) electrons. The van der Waals surface area contributed by atoms with Crippen LogP contribution in [0.2, 0.25) is 0 Å². The number of rotatable bonds is 0. The number of halogens is 1. The average Bonchev–Trinajstić information content (AvgIpc) is 2.45. The first kappa shape index (κ1) is 6.46. The lowest BCUT2D eigenvalue weighted by molar-refractivity contribution is 0.357. The fraction of sp³-hybridized carbons (Fsp3) is 0.250. The number of anilines is 1. The van der Waals surface area contributed by atoms with Gasteiger partial charge in [0.15, 0.2) is 0 Å². The predicted octanol–water partition coefficient (Wildman–Crippen LogP) is 1.34. The third-order valence-electron chi connectivity index (χ3n) is 1.84. The number of nitrogens with two attached hydrogens (primary N) is 1. The Morgan fingerprint density at radius 3 is 3.09 bits per heavy atom. The summed E-state index contributed by atoms with van der Waals surface area (Å²) in [5.74, 6) is 0.135. The van der Waals surface area contributed by atoms with E-state index in [0.29, 0.717) is 12.4 Å². The van der Waals surface area contributed by atoms with Crippen LogP contribution in [0, 0.1) is 5.82 Å². The Balaban J connectivity index is 2.62. The highest BCUT2D eigenvalue weighted by Crippen LogP contribution is 2.33. The zero-order valence-corrected chi connectivity index (χ0v) is 5.93. The van der Waals surface area contributed by atoms with Gasteiger partial charge in [0.2, 0.25) is 0 Å². The fourth-order valence-corrected chi connectivity index (χ4v) is 1.25. The summed E-state index contributed by atoms with van der Waals surface area (Å²) in [7, 11) is 0. The van der Waals surface area contributed by atoms with E-state index in [2.05, 4.69) is 0 Å². The van der Waals surface area contributed by atoms with E-state index in [0.717, 1.165) is 12.0 Å². The lowest BCUT2D eigenvalue weighted by Crippen LogP contribution is -1.94. The number of benzene rings is 1. The summed E-state index contributed by atoms with van der Waals surface area (Å²) in [6.45, 7) is 0.614. The maximum absolute atomic E-state index is 12.8.